The Balaban J connectivity index is 1.47. The highest BCUT2D eigenvalue weighted by molar-refractivity contribution is 5.87. The Kier molecular flexibility index (Phi) is 5.10. The van der Waals surface area contributed by atoms with Gasteiger partial charge in [0.2, 0.25) is 0 Å². The lowest BCUT2D eigenvalue weighted by Crippen LogP contribution is -2.30. The van der Waals surface area contributed by atoms with Gasteiger partial charge in [-0.05, 0) is 48.9 Å². The van der Waals surface area contributed by atoms with Crippen LogP contribution in [0, 0.1) is 0 Å². The number of aromatic nitrogens is 2. The van der Waals surface area contributed by atoms with Crippen molar-refractivity contribution in [2.75, 3.05) is 6.54 Å². The molecule has 1 aliphatic rings. The predicted molar refractivity (Wildman–Crippen MR) is 128 cm³/mol. The Labute approximate surface area is 187 Å². The van der Waals surface area contributed by atoms with E-state index < -0.39 is 0 Å². The second kappa shape index (κ2) is 8.08. The van der Waals surface area contributed by atoms with E-state index in [0.29, 0.717) is 12.4 Å². The zero-order chi connectivity index (χ0) is 22.2. The summed E-state index contributed by atoms with van der Waals surface area (Å²) < 4.78 is 9.74. The molecule has 1 unspecified atom stereocenters. The molecule has 162 valence electrons. The van der Waals surface area contributed by atoms with Crippen molar-refractivity contribution in [2.24, 2.45) is 7.05 Å². The lowest BCUT2D eigenvalue weighted by molar-refractivity contribution is 0.274. The molecule has 1 atom stereocenters. The van der Waals surface area contributed by atoms with Crippen LogP contribution in [-0.2, 0) is 20.1 Å². The zero-order valence-corrected chi connectivity index (χ0v) is 18.5. The van der Waals surface area contributed by atoms with E-state index in [4.69, 9.17) is 4.74 Å². The lowest BCUT2D eigenvalue weighted by Gasteiger charge is -2.33. The second-order valence-corrected chi connectivity index (χ2v) is 8.32. The summed E-state index contributed by atoms with van der Waals surface area (Å²) in [5, 5.41) is 1.26. The number of fused-ring (bicyclic) bond motifs is 3. The largest absolute Gasteiger partial charge is 0.489 e. The van der Waals surface area contributed by atoms with Gasteiger partial charge in [0, 0.05) is 36.9 Å². The van der Waals surface area contributed by atoms with Gasteiger partial charge in [0.25, 0.3) is 5.56 Å². The van der Waals surface area contributed by atoms with E-state index in [1.54, 1.807) is 16.8 Å². The minimum Gasteiger partial charge on any atom is -0.489 e. The van der Waals surface area contributed by atoms with E-state index in [1.807, 2.05) is 48.7 Å². The molecule has 0 N–H and O–H groups in total. The van der Waals surface area contributed by atoms with Crippen molar-refractivity contribution < 1.29 is 4.74 Å². The summed E-state index contributed by atoms with van der Waals surface area (Å²) >= 11 is 0. The fraction of sp³-hybridized carbons (Fsp3) is 0.222. The fourth-order valence-electron chi connectivity index (χ4n) is 4.81. The molecule has 2 aromatic heterocycles. The van der Waals surface area contributed by atoms with E-state index in [0.717, 1.165) is 29.7 Å². The molecule has 3 heterocycles. The molecule has 5 rings (SSSR count). The standard InChI is InChI=1S/C27H27N3O2/c1-4-29-14-13-24-23-11-10-21(16-25(23)28(3)27(24)19(29)2)30-15-12-22(17-26(30)31)32-18-20-8-6-5-7-9-20/h4-12,15-17,19H,1,13-14,18H2,2-3H3. The summed E-state index contributed by atoms with van der Waals surface area (Å²) in [6.07, 6.45) is 4.71. The maximum Gasteiger partial charge on any atom is 0.258 e. The highest BCUT2D eigenvalue weighted by Gasteiger charge is 2.27. The Morgan fingerprint density at radius 1 is 1.12 bits per heavy atom. The smallest absolute Gasteiger partial charge is 0.258 e. The van der Waals surface area contributed by atoms with Crippen LogP contribution in [0.2, 0.25) is 0 Å². The molecule has 32 heavy (non-hydrogen) atoms. The topological polar surface area (TPSA) is 39.4 Å². The molecule has 0 saturated carbocycles. The highest BCUT2D eigenvalue weighted by Crippen LogP contribution is 2.37. The minimum atomic E-state index is -0.111. The fourth-order valence-corrected chi connectivity index (χ4v) is 4.81. The van der Waals surface area contributed by atoms with Gasteiger partial charge in [-0.2, -0.15) is 0 Å². The van der Waals surface area contributed by atoms with Gasteiger partial charge in [-0.25, -0.2) is 0 Å². The van der Waals surface area contributed by atoms with Crippen molar-refractivity contribution in [1.82, 2.24) is 14.0 Å². The van der Waals surface area contributed by atoms with Crippen LogP contribution < -0.4 is 10.3 Å². The molecule has 0 bridgehead atoms. The third-order valence-electron chi connectivity index (χ3n) is 6.50. The van der Waals surface area contributed by atoms with Crippen LogP contribution in [0.5, 0.6) is 5.75 Å². The molecular weight excluding hydrogens is 398 g/mol. The third-order valence-corrected chi connectivity index (χ3v) is 6.50. The Morgan fingerprint density at radius 3 is 2.69 bits per heavy atom. The Bertz CT molecular complexity index is 1350. The first-order valence-electron chi connectivity index (χ1n) is 11.0. The summed E-state index contributed by atoms with van der Waals surface area (Å²) in [6, 6.07) is 19.9. The summed E-state index contributed by atoms with van der Waals surface area (Å²) in [6.45, 7) is 7.59. The summed E-state index contributed by atoms with van der Waals surface area (Å²) in [4.78, 5) is 15.1. The molecule has 0 aliphatic carbocycles. The summed E-state index contributed by atoms with van der Waals surface area (Å²) in [5.74, 6) is 0.573. The number of pyridine rings is 1. The van der Waals surface area contributed by atoms with Gasteiger partial charge < -0.3 is 14.2 Å². The molecule has 1 aliphatic heterocycles. The van der Waals surface area contributed by atoms with Gasteiger partial charge in [0.15, 0.2) is 0 Å². The van der Waals surface area contributed by atoms with E-state index in [2.05, 4.69) is 42.2 Å². The highest BCUT2D eigenvalue weighted by atomic mass is 16.5. The number of hydrogen-bond acceptors (Lipinski definition) is 3. The molecule has 0 saturated heterocycles. The van der Waals surface area contributed by atoms with Gasteiger partial charge >= 0.3 is 0 Å². The normalized spacial score (nSPS) is 15.6. The number of aryl methyl sites for hydroxylation is 1. The quantitative estimate of drug-likeness (QED) is 0.453. The molecule has 5 heteroatoms. The van der Waals surface area contributed by atoms with Gasteiger partial charge in [0.1, 0.15) is 12.4 Å². The predicted octanol–water partition coefficient (Wildman–Crippen LogP) is 4.97. The first kappa shape index (κ1) is 20.2. The molecule has 0 fully saturated rings. The van der Waals surface area contributed by atoms with Crippen LogP contribution in [0.3, 0.4) is 0 Å². The average molecular weight is 426 g/mol. The van der Waals surface area contributed by atoms with Crippen molar-refractivity contribution in [3.05, 3.63) is 107 Å². The zero-order valence-electron chi connectivity index (χ0n) is 18.5. The summed E-state index contributed by atoms with van der Waals surface area (Å²) in [7, 11) is 2.11. The van der Waals surface area contributed by atoms with Crippen LogP contribution in [-0.4, -0.2) is 20.6 Å². The SMILES string of the molecule is C=CN1CCc2c(n(C)c3cc(-n4ccc(OCc5ccccc5)cc4=O)ccc23)C1C. The first-order valence-corrected chi connectivity index (χ1v) is 11.0. The van der Waals surface area contributed by atoms with E-state index in [-0.39, 0.29) is 11.6 Å². The second-order valence-electron chi connectivity index (χ2n) is 8.32. The Hall–Kier alpha value is -3.73. The number of nitrogens with zero attached hydrogens (tertiary/aromatic N) is 3. The van der Waals surface area contributed by atoms with Crippen LogP contribution in [0.25, 0.3) is 16.6 Å². The monoisotopic (exact) mass is 425 g/mol. The molecular formula is C27H27N3O2. The van der Waals surface area contributed by atoms with Gasteiger partial charge in [-0.3, -0.25) is 9.36 Å². The third kappa shape index (κ3) is 3.40. The van der Waals surface area contributed by atoms with Crippen molar-refractivity contribution >= 4 is 10.9 Å². The number of benzene rings is 2. The van der Waals surface area contributed by atoms with Crippen LogP contribution in [0.1, 0.15) is 29.8 Å². The molecule has 0 spiro atoms. The van der Waals surface area contributed by atoms with E-state index in [1.165, 1.54) is 16.6 Å². The van der Waals surface area contributed by atoms with Crippen molar-refractivity contribution in [1.29, 1.82) is 0 Å². The lowest BCUT2D eigenvalue weighted by atomic mass is 9.98. The van der Waals surface area contributed by atoms with Gasteiger partial charge in [0.05, 0.1) is 17.2 Å². The Morgan fingerprint density at radius 2 is 1.94 bits per heavy atom. The van der Waals surface area contributed by atoms with Gasteiger partial charge in [-0.15, -0.1) is 0 Å². The number of hydrogen-bond donors (Lipinski definition) is 0. The average Bonchev–Trinajstić information content (AvgIpc) is 3.11. The molecule has 0 radical (unpaired) electrons. The minimum absolute atomic E-state index is 0.111. The molecule has 4 aromatic rings. The number of ether oxygens (including phenoxy) is 1. The maximum absolute atomic E-state index is 12.9. The molecule has 0 amide bonds. The van der Waals surface area contributed by atoms with Gasteiger partial charge in [-0.1, -0.05) is 43.0 Å². The number of rotatable bonds is 5. The van der Waals surface area contributed by atoms with Crippen molar-refractivity contribution in [3.8, 4) is 11.4 Å². The summed E-state index contributed by atoms with van der Waals surface area (Å²) in [5.41, 5.74) is 5.67. The maximum atomic E-state index is 12.9. The van der Waals surface area contributed by atoms with Crippen LogP contribution >= 0.6 is 0 Å². The van der Waals surface area contributed by atoms with Crippen LogP contribution in [0.15, 0.2) is 84.4 Å². The molecule has 2 aromatic carbocycles. The molecule has 5 nitrogen and oxygen atoms in total. The van der Waals surface area contributed by atoms with Crippen LogP contribution in [0.4, 0.5) is 0 Å². The van der Waals surface area contributed by atoms with E-state index in [9.17, 15) is 4.79 Å². The first-order chi connectivity index (χ1) is 15.6. The van der Waals surface area contributed by atoms with Crippen molar-refractivity contribution in [2.45, 2.75) is 26.0 Å². The van der Waals surface area contributed by atoms with Crippen molar-refractivity contribution in [3.63, 3.8) is 0 Å². The van der Waals surface area contributed by atoms with E-state index >= 15 is 0 Å².